The Bertz CT molecular complexity index is 800. The third kappa shape index (κ3) is 3.44. The molecule has 0 fully saturated rings. The highest BCUT2D eigenvalue weighted by Gasteiger charge is 2.12. The molecule has 0 atom stereocenters. The third-order valence-corrected chi connectivity index (χ3v) is 4.12. The summed E-state index contributed by atoms with van der Waals surface area (Å²) < 4.78 is 0. The molecule has 3 rings (SSSR count). The molecule has 1 aromatic heterocycles. The fourth-order valence-electron chi connectivity index (χ4n) is 1.83. The Morgan fingerprint density at radius 1 is 1.00 bits per heavy atom. The van der Waals surface area contributed by atoms with Crippen LogP contribution >= 0.6 is 34.5 Å². The van der Waals surface area contributed by atoms with Crippen molar-refractivity contribution in [1.29, 1.82) is 0 Å². The van der Waals surface area contributed by atoms with Gasteiger partial charge in [0.05, 0.1) is 0 Å². The molecule has 0 radical (unpaired) electrons. The van der Waals surface area contributed by atoms with Crippen LogP contribution in [-0.4, -0.2) is 16.1 Å². The molecule has 1 heterocycles. The number of anilines is 1. The Labute approximate surface area is 140 Å². The van der Waals surface area contributed by atoms with E-state index in [1.165, 1.54) is 11.3 Å². The van der Waals surface area contributed by atoms with Crippen LogP contribution in [0, 0.1) is 0 Å². The summed E-state index contributed by atoms with van der Waals surface area (Å²) >= 11 is 13.1. The number of nitrogens with zero attached hydrogens (tertiary/aromatic N) is 2. The van der Waals surface area contributed by atoms with E-state index in [0.717, 1.165) is 10.6 Å². The van der Waals surface area contributed by atoms with Gasteiger partial charge in [0.2, 0.25) is 5.13 Å². The maximum Gasteiger partial charge on any atom is 0.257 e. The molecule has 110 valence electrons. The van der Waals surface area contributed by atoms with E-state index < -0.39 is 0 Å². The molecule has 7 heteroatoms. The van der Waals surface area contributed by atoms with Crippen LogP contribution in [0.3, 0.4) is 0 Å². The Morgan fingerprint density at radius 2 is 1.68 bits per heavy atom. The van der Waals surface area contributed by atoms with Gasteiger partial charge in [-0.25, -0.2) is 0 Å². The normalized spacial score (nSPS) is 10.5. The summed E-state index contributed by atoms with van der Waals surface area (Å²) in [5.74, 6) is -0.333. The van der Waals surface area contributed by atoms with E-state index in [4.69, 9.17) is 23.2 Å². The summed E-state index contributed by atoms with van der Waals surface area (Å²) in [6, 6.07) is 14.3. The van der Waals surface area contributed by atoms with Gasteiger partial charge in [-0.2, -0.15) is 0 Å². The number of aromatic nitrogens is 2. The van der Waals surface area contributed by atoms with E-state index in [-0.39, 0.29) is 5.91 Å². The van der Waals surface area contributed by atoms with Crippen LogP contribution in [0.1, 0.15) is 10.4 Å². The van der Waals surface area contributed by atoms with E-state index in [1.807, 2.05) is 30.3 Å². The first-order chi connectivity index (χ1) is 10.6. The summed E-state index contributed by atoms with van der Waals surface area (Å²) in [5, 5.41) is 12.7. The second-order valence-corrected chi connectivity index (χ2v) is 6.24. The van der Waals surface area contributed by atoms with Gasteiger partial charge in [0.15, 0.2) is 0 Å². The van der Waals surface area contributed by atoms with Crippen molar-refractivity contribution in [1.82, 2.24) is 10.2 Å². The zero-order chi connectivity index (χ0) is 15.5. The number of hydrogen-bond acceptors (Lipinski definition) is 4. The Hall–Kier alpha value is -1.95. The molecule has 22 heavy (non-hydrogen) atoms. The van der Waals surface area contributed by atoms with Gasteiger partial charge in [0, 0.05) is 21.2 Å². The van der Waals surface area contributed by atoms with Gasteiger partial charge in [0.25, 0.3) is 5.91 Å². The summed E-state index contributed by atoms with van der Waals surface area (Å²) in [7, 11) is 0. The van der Waals surface area contributed by atoms with Gasteiger partial charge in [-0.15, -0.1) is 10.2 Å². The first kappa shape index (κ1) is 15.0. The van der Waals surface area contributed by atoms with Crippen molar-refractivity contribution in [2.45, 2.75) is 0 Å². The number of halogens is 2. The first-order valence-electron chi connectivity index (χ1n) is 6.28. The number of benzene rings is 2. The largest absolute Gasteiger partial charge is 0.296 e. The van der Waals surface area contributed by atoms with E-state index in [2.05, 4.69) is 15.5 Å². The highest BCUT2D eigenvalue weighted by molar-refractivity contribution is 7.18. The highest BCUT2D eigenvalue weighted by atomic mass is 35.5. The maximum atomic E-state index is 12.2. The molecular weight excluding hydrogens is 341 g/mol. The van der Waals surface area contributed by atoms with Crippen LogP contribution < -0.4 is 5.32 Å². The van der Waals surface area contributed by atoms with E-state index in [0.29, 0.717) is 20.7 Å². The lowest BCUT2D eigenvalue weighted by atomic mass is 10.2. The molecule has 0 bridgehead atoms. The number of hydrogen-bond donors (Lipinski definition) is 1. The fraction of sp³-hybridized carbons (Fsp3) is 0. The summed E-state index contributed by atoms with van der Waals surface area (Å²) in [4.78, 5) is 12.2. The zero-order valence-electron chi connectivity index (χ0n) is 11.1. The second kappa shape index (κ2) is 6.44. The van der Waals surface area contributed by atoms with Gasteiger partial charge in [-0.1, -0.05) is 64.9 Å². The average molecular weight is 350 g/mol. The number of nitrogens with one attached hydrogen (secondary N) is 1. The molecule has 0 spiro atoms. The van der Waals surface area contributed by atoms with Crippen molar-refractivity contribution in [3.63, 3.8) is 0 Å². The van der Waals surface area contributed by atoms with Gasteiger partial charge in [-0.3, -0.25) is 10.1 Å². The fourth-order valence-corrected chi connectivity index (χ4v) is 3.10. The van der Waals surface area contributed by atoms with E-state index in [1.54, 1.807) is 18.2 Å². The lowest BCUT2D eigenvalue weighted by Gasteiger charge is -2.02. The van der Waals surface area contributed by atoms with Crippen LogP contribution in [0.2, 0.25) is 10.0 Å². The van der Waals surface area contributed by atoms with Crippen LogP contribution in [0.15, 0.2) is 48.5 Å². The average Bonchev–Trinajstić information content (AvgIpc) is 2.95. The zero-order valence-corrected chi connectivity index (χ0v) is 13.4. The molecule has 0 aliphatic rings. The van der Waals surface area contributed by atoms with E-state index in [9.17, 15) is 4.79 Å². The van der Waals surface area contributed by atoms with Crippen molar-refractivity contribution < 1.29 is 4.79 Å². The van der Waals surface area contributed by atoms with Gasteiger partial charge < -0.3 is 0 Å². The predicted molar refractivity (Wildman–Crippen MR) is 89.8 cm³/mol. The minimum atomic E-state index is -0.333. The molecule has 0 unspecified atom stereocenters. The second-order valence-electron chi connectivity index (χ2n) is 4.39. The smallest absolute Gasteiger partial charge is 0.257 e. The SMILES string of the molecule is O=C(Nc1nnc(-c2ccccc2)s1)c1cc(Cl)cc(Cl)c1. The van der Waals surface area contributed by atoms with Gasteiger partial charge in [0.1, 0.15) is 5.01 Å². The summed E-state index contributed by atoms with van der Waals surface area (Å²) in [6.45, 7) is 0. The summed E-state index contributed by atoms with van der Waals surface area (Å²) in [5.41, 5.74) is 1.32. The number of carbonyl (C=O) groups is 1. The van der Waals surface area contributed by atoms with Crippen molar-refractivity contribution in [3.8, 4) is 10.6 Å². The maximum absolute atomic E-state index is 12.2. The lowest BCUT2D eigenvalue weighted by molar-refractivity contribution is 0.102. The molecule has 0 saturated carbocycles. The van der Waals surface area contributed by atoms with Crippen molar-refractivity contribution in [2.75, 3.05) is 5.32 Å². The van der Waals surface area contributed by atoms with Crippen molar-refractivity contribution >= 4 is 45.6 Å². The molecule has 1 N–H and O–H groups in total. The van der Waals surface area contributed by atoms with Crippen LogP contribution in [-0.2, 0) is 0 Å². The number of amides is 1. The topological polar surface area (TPSA) is 54.9 Å². The molecule has 3 aromatic rings. The van der Waals surface area contributed by atoms with Crippen LogP contribution in [0.25, 0.3) is 10.6 Å². The summed E-state index contributed by atoms with van der Waals surface area (Å²) in [6.07, 6.45) is 0. The van der Waals surface area contributed by atoms with Crippen LogP contribution in [0.5, 0.6) is 0 Å². The Kier molecular flexibility index (Phi) is 4.38. The van der Waals surface area contributed by atoms with Gasteiger partial charge in [-0.05, 0) is 18.2 Å². The standard InChI is InChI=1S/C15H9Cl2N3OS/c16-11-6-10(7-12(17)8-11)13(21)18-15-20-19-14(22-15)9-4-2-1-3-5-9/h1-8H,(H,18,20,21). The Morgan fingerprint density at radius 3 is 2.36 bits per heavy atom. The number of carbonyl (C=O) groups excluding carboxylic acids is 1. The molecule has 1 amide bonds. The minimum absolute atomic E-state index is 0.333. The molecular formula is C15H9Cl2N3OS. The lowest BCUT2D eigenvalue weighted by Crippen LogP contribution is -2.11. The number of rotatable bonds is 3. The highest BCUT2D eigenvalue weighted by Crippen LogP contribution is 2.26. The van der Waals surface area contributed by atoms with E-state index >= 15 is 0 Å². The van der Waals surface area contributed by atoms with Gasteiger partial charge >= 0.3 is 0 Å². The minimum Gasteiger partial charge on any atom is -0.296 e. The quantitative estimate of drug-likeness (QED) is 0.741. The molecule has 0 aliphatic carbocycles. The van der Waals surface area contributed by atoms with Crippen molar-refractivity contribution in [3.05, 3.63) is 64.1 Å². The molecule has 0 saturated heterocycles. The predicted octanol–water partition coefficient (Wildman–Crippen LogP) is 4.76. The molecule has 2 aromatic carbocycles. The third-order valence-electron chi connectivity index (χ3n) is 2.79. The van der Waals surface area contributed by atoms with Crippen LogP contribution in [0.4, 0.5) is 5.13 Å². The Balaban J connectivity index is 1.79. The first-order valence-corrected chi connectivity index (χ1v) is 7.85. The van der Waals surface area contributed by atoms with Crippen molar-refractivity contribution in [2.24, 2.45) is 0 Å². The monoisotopic (exact) mass is 349 g/mol. The molecule has 4 nitrogen and oxygen atoms in total. The molecule has 0 aliphatic heterocycles.